The molecule has 4 atom stereocenters. The van der Waals surface area contributed by atoms with Gasteiger partial charge in [-0.15, -0.1) is 0 Å². The highest BCUT2D eigenvalue weighted by Gasteiger charge is 2.42. The molecule has 5 heterocycles. The van der Waals surface area contributed by atoms with Gasteiger partial charge in [0, 0.05) is 53.6 Å². The van der Waals surface area contributed by atoms with E-state index in [0.29, 0.717) is 30.6 Å². The molecule has 0 saturated carbocycles. The fourth-order valence-electron chi connectivity index (χ4n) is 5.34. The zero-order chi connectivity index (χ0) is 21.4. The number of nitriles is 1. The van der Waals surface area contributed by atoms with Gasteiger partial charge in [-0.3, -0.25) is 15.0 Å². The second-order valence-electron chi connectivity index (χ2n) is 8.84. The van der Waals surface area contributed by atoms with Crippen molar-refractivity contribution in [3.8, 4) is 6.07 Å². The van der Waals surface area contributed by atoms with Gasteiger partial charge >= 0.3 is 0 Å². The molecule has 160 valence electrons. The first-order chi connectivity index (χ1) is 15.1. The minimum absolute atomic E-state index is 0.330. The Morgan fingerprint density at radius 3 is 2.77 bits per heavy atom. The minimum atomic E-state index is 0.330. The van der Waals surface area contributed by atoms with Crippen molar-refractivity contribution in [3.05, 3.63) is 36.2 Å². The third kappa shape index (κ3) is 3.93. The Kier molecular flexibility index (Phi) is 5.20. The number of H-pyrrole nitrogens is 1. The summed E-state index contributed by atoms with van der Waals surface area (Å²) in [6.07, 6.45) is 6.99. The van der Waals surface area contributed by atoms with E-state index in [1.807, 2.05) is 31.3 Å². The first-order valence-corrected chi connectivity index (χ1v) is 11.1. The van der Waals surface area contributed by atoms with Crippen molar-refractivity contribution in [2.45, 2.75) is 70.1 Å². The van der Waals surface area contributed by atoms with Crippen molar-refractivity contribution in [1.82, 2.24) is 25.1 Å². The monoisotopic (exact) mass is 416 g/mol. The third-order valence-corrected chi connectivity index (χ3v) is 6.59. The zero-order valence-electron chi connectivity index (χ0n) is 18.0. The molecule has 31 heavy (non-hydrogen) atoms. The third-order valence-electron chi connectivity index (χ3n) is 6.59. The molecule has 8 heteroatoms. The molecule has 2 fully saturated rings. The van der Waals surface area contributed by atoms with Crippen molar-refractivity contribution < 1.29 is 0 Å². The molecule has 3 aromatic heterocycles. The van der Waals surface area contributed by atoms with Crippen LogP contribution in [0.25, 0.3) is 10.9 Å². The Morgan fingerprint density at radius 2 is 2.06 bits per heavy atom. The molecule has 3 aromatic rings. The molecular weight excluding hydrogens is 388 g/mol. The Morgan fingerprint density at radius 1 is 1.26 bits per heavy atom. The molecule has 8 nitrogen and oxygen atoms in total. The summed E-state index contributed by atoms with van der Waals surface area (Å²) in [5.74, 6) is 2.33. The van der Waals surface area contributed by atoms with Crippen LogP contribution in [0.2, 0.25) is 0 Å². The van der Waals surface area contributed by atoms with E-state index in [9.17, 15) is 0 Å². The fraction of sp³-hybridized carbons (Fsp3) is 0.478. The SMILES string of the molecule is Cc1cc(Nc2cc3ncccc3c(NC3C[C@H]4CC[C@@H](C3)N4C(C)CC#N)n2)n[nH]1. The highest BCUT2D eigenvalue weighted by molar-refractivity contribution is 5.91. The number of nitrogens with zero attached hydrogens (tertiary/aromatic N) is 5. The van der Waals surface area contributed by atoms with Gasteiger partial charge in [0.15, 0.2) is 5.82 Å². The molecule has 0 spiro atoms. The number of fused-ring (bicyclic) bond motifs is 3. The van der Waals surface area contributed by atoms with Gasteiger partial charge in [0.1, 0.15) is 11.6 Å². The number of anilines is 3. The maximum Gasteiger partial charge on any atom is 0.153 e. The summed E-state index contributed by atoms with van der Waals surface area (Å²) in [6.45, 7) is 4.16. The molecule has 3 N–H and O–H groups in total. The lowest BCUT2D eigenvalue weighted by Crippen LogP contribution is -2.50. The second-order valence-corrected chi connectivity index (χ2v) is 8.84. The van der Waals surface area contributed by atoms with Gasteiger partial charge < -0.3 is 10.6 Å². The van der Waals surface area contributed by atoms with Crippen LogP contribution in [-0.2, 0) is 0 Å². The normalized spacial score (nSPS) is 24.1. The van der Waals surface area contributed by atoms with E-state index in [-0.39, 0.29) is 0 Å². The summed E-state index contributed by atoms with van der Waals surface area (Å²) in [7, 11) is 0. The van der Waals surface area contributed by atoms with Gasteiger partial charge in [0.05, 0.1) is 18.0 Å². The zero-order valence-corrected chi connectivity index (χ0v) is 18.0. The standard InChI is InChI=1S/C23H28N8/c1-14-10-22(30-29-14)27-21-13-20-19(4-3-9-25-20)23(28-21)26-16-11-17-5-6-18(12-16)31(17)15(2)7-8-24/h3-4,9-10,13,15-18H,5-7,11-12H2,1-2H3,(H3,26,27,28,29,30)/t15?,16?,17-,18+. The number of piperidine rings is 1. The van der Waals surface area contributed by atoms with Gasteiger partial charge in [-0.25, -0.2) is 4.98 Å². The largest absolute Gasteiger partial charge is 0.367 e. The Bertz CT molecular complexity index is 1100. The molecule has 0 aliphatic carbocycles. The molecule has 2 bridgehead atoms. The van der Waals surface area contributed by atoms with Crippen LogP contribution < -0.4 is 10.6 Å². The highest BCUT2D eigenvalue weighted by atomic mass is 15.3. The summed E-state index contributed by atoms with van der Waals surface area (Å²) in [5.41, 5.74) is 1.89. The van der Waals surface area contributed by atoms with Gasteiger partial charge in [0.2, 0.25) is 0 Å². The molecule has 2 unspecified atom stereocenters. The average molecular weight is 417 g/mol. The van der Waals surface area contributed by atoms with Crippen LogP contribution in [0, 0.1) is 18.3 Å². The van der Waals surface area contributed by atoms with Gasteiger partial charge in [0.25, 0.3) is 0 Å². The van der Waals surface area contributed by atoms with Crippen LogP contribution in [0.1, 0.15) is 44.7 Å². The van der Waals surface area contributed by atoms with E-state index in [0.717, 1.165) is 46.9 Å². The number of pyridine rings is 2. The predicted octanol–water partition coefficient (Wildman–Crippen LogP) is 4.11. The molecule has 2 saturated heterocycles. The van der Waals surface area contributed by atoms with Crippen LogP contribution in [0.4, 0.5) is 17.5 Å². The topological polar surface area (TPSA) is 106 Å². The molecule has 2 aliphatic heterocycles. The molecule has 5 rings (SSSR count). The number of rotatable bonds is 6. The quantitative estimate of drug-likeness (QED) is 0.555. The smallest absolute Gasteiger partial charge is 0.153 e. The van der Waals surface area contributed by atoms with Crippen LogP contribution in [0.15, 0.2) is 30.5 Å². The molecule has 2 aliphatic rings. The van der Waals surface area contributed by atoms with E-state index >= 15 is 0 Å². The summed E-state index contributed by atoms with van der Waals surface area (Å²) >= 11 is 0. The van der Waals surface area contributed by atoms with E-state index in [1.54, 1.807) is 0 Å². The van der Waals surface area contributed by atoms with Crippen molar-refractivity contribution in [1.29, 1.82) is 5.26 Å². The first-order valence-electron chi connectivity index (χ1n) is 11.1. The van der Waals surface area contributed by atoms with E-state index in [1.165, 1.54) is 12.8 Å². The number of hydrogen-bond acceptors (Lipinski definition) is 7. The lowest BCUT2D eigenvalue weighted by molar-refractivity contribution is 0.0911. The number of aromatic amines is 1. The maximum absolute atomic E-state index is 9.13. The van der Waals surface area contributed by atoms with Crippen LogP contribution in [0.5, 0.6) is 0 Å². The fourth-order valence-corrected chi connectivity index (χ4v) is 5.34. The summed E-state index contributed by atoms with van der Waals surface area (Å²) in [4.78, 5) is 12.0. The van der Waals surface area contributed by atoms with Crippen molar-refractivity contribution in [3.63, 3.8) is 0 Å². The lowest BCUT2D eigenvalue weighted by Gasteiger charge is -2.42. The van der Waals surface area contributed by atoms with Crippen molar-refractivity contribution in [2.75, 3.05) is 10.6 Å². The second kappa shape index (κ2) is 8.16. The summed E-state index contributed by atoms with van der Waals surface area (Å²) in [5, 5.41) is 24.4. The Balaban J connectivity index is 1.38. The van der Waals surface area contributed by atoms with Gasteiger partial charge in [-0.1, -0.05) is 0 Å². The summed E-state index contributed by atoms with van der Waals surface area (Å²) in [6, 6.07) is 12.0. The molecule has 0 aromatic carbocycles. The Hall–Kier alpha value is -3.18. The predicted molar refractivity (Wildman–Crippen MR) is 121 cm³/mol. The molecule has 0 amide bonds. The number of aryl methyl sites for hydroxylation is 1. The number of hydrogen-bond donors (Lipinski definition) is 3. The lowest BCUT2D eigenvalue weighted by atomic mass is 9.95. The number of aromatic nitrogens is 4. The highest BCUT2D eigenvalue weighted by Crippen LogP contribution is 2.39. The van der Waals surface area contributed by atoms with Crippen LogP contribution in [0.3, 0.4) is 0 Å². The van der Waals surface area contributed by atoms with Gasteiger partial charge in [-0.05, 0) is 51.7 Å². The molecule has 0 radical (unpaired) electrons. The maximum atomic E-state index is 9.13. The van der Waals surface area contributed by atoms with Crippen LogP contribution in [-0.4, -0.2) is 49.2 Å². The van der Waals surface area contributed by atoms with Gasteiger partial charge in [-0.2, -0.15) is 10.4 Å². The van der Waals surface area contributed by atoms with E-state index < -0.39 is 0 Å². The first kappa shape index (κ1) is 19.8. The Labute approximate surface area is 182 Å². The summed E-state index contributed by atoms with van der Waals surface area (Å²) < 4.78 is 0. The minimum Gasteiger partial charge on any atom is -0.367 e. The average Bonchev–Trinajstić information content (AvgIpc) is 3.28. The number of nitrogens with one attached hydrogen (secondary N) is 3. The van der Waals surface area contributed by atoms with Crippen molar-refractivity contribution >= 4 is 28.4 Å². The van der Waals surface area contributed by atoms with Crippen LogP contribution >= 0.6 is 0 Å². The molecular formula is C23H28N8. The van der Waals surface area contributed by atoms with E-state index in [2.05, 4.69) is 49.8 Å². The van der Waals surface area contributed by atoms with E-state index in [4.69, 9.17) is 10.2 Å². The van der Waals surface area contributed by atoms with Crippen molar-refractivity contribution in [2.24, 2.45) is 0 Å².